The van der Waals surface area contributed by atoms with Crippen LogP contribution < -0.4 is 5.32 Å². The van der Waals surface area contributed by atoms with Gasteiger partial charge in [0.2, 0.25) is 0 Å². The van der Waals surface area contributed by atoms with Crippen LogP contribution in [0.15, 0.2) is 0 Å². The maximum absolute atomic E-state index is 12.3. The Balaban J connectivity index is 1.74. The smallest absolute Gasteiger partial charge is 0.319 e. The van der Waals surface area contributed by atoms with E-state index in [1.807, 2.05) is 23.6 Å². The highest BCUT2D eigenvalue weighted by atomic mass is 16.5. The van der Waals surface area contributed by atoms with Crippen LogP contribution in [0.5, 0.6) is 0 Å². The molecule has 0 spiro atoms. The van der Waals surface area contributed by atoms with Crippen molar-refractivity contribution in [2.75, 3.05) is 52.5 Å². The van der Waals surface area contributed by atoms with E-state index in [4.69, 9.17) is 4.74 Å². The van der Waals surface area contributed by atoms with E-state index < -0.39 is 0 Å². The zero-order chi connectivity index (χ0) is 15.9. The van der Waals surface area contributed by atoms with Crippen molar-refractivity contribution in [3.05, 3.63) is 0 Å². The van der Waals surface area contributed by atoms with Gasteiger partial charge >= 0.3 is 12.1 Å². The van der Waals surface area contributed by atoms with E-state index in [2.05, 4.69) is 5.32 Å². The lowest BCUT2D eigenvalue weighted by atomic mass is 10.1. The summed E-state index contributed by atoms with van der Waals surface area (Å²) in [6, 6.07) is 0.274. The Morgan fingerprint density at radius 3 is 2.18 bits per heavy atom. The molecule has 0 aliphatic carbocycles. The van der Waals surface area contributed by atoms with Crippen molar-refractivity contribution >= 4 is 12.1 Å². The third-order valence-corrected chi connectivity index (χ3v) is 4.43. The number of urea groups is 2. The van der Waals surface area contributed by atoms with Gasteiger partial charge in [-0.25, -0.2) is 9.59 Å². The van der Waals surface area contributed by atoms with Crippen molar-refractivity contribution in [2.24, 2.45) is 0 Å². The molecule has 2 saturated heterocycles. The molecule has 2 rings (SSSR count). The first-order valence-electron chi connectivity index (χ1n) is 8.32. The molecular formula is C15H28N4O3. The lowest BCUT2D eigenvalue weighted by Gasteiger charge is -2.36. The SMILES string of the molecule is CCN(CC)C(=O)N1CCC(NC(=O)N2CCOCC2)CC1. The molecule has 0 bridgehead atoms. The van der Waals surface area contributed by atoms with Crippen molar-refractivity contribution in [1.29, 1.82) is 0 Å². The molecule has 0 atom stereocenters. The second-order valence-electron chi connectivity index (χ2n) is 5.77. The van der Waals surface area contributed by atoms with Crippen LogP contribution >= 0.6 is 0 Å². The average Bonchev–Trinajstić information content (AvgIpc) is 2.57. The number of carbonyl (C=O) groups excluding carboxylic acids is 2. The van der Waals surface area contributed by atoms with E-state index in [9.17, 15) is 9.59 Å². The van der Waals surface area contributed by atoms with E-state index in [1.54, 1.807) is 4.90 Å². The lowest BCUT2D eigenvalue weighted by molar-refractivity contribution is 0.0517. The summed E-state index contributed by atoms with van der Waals surface area (Å²) in [7, 11) is 0. The molecule has 2 aliphatic heterocycles. The van der Waals surface area contributed by atoms with Gasteiger partial charge in [0.05, 0.1) is 13.2 Å². The van der Waals surface area contributed by atoms with Crippen molar-refractivity contribution in [3.8, 4) is 0 Å². The van der Waals surface area contributed by atoms with Crippen molar-refractivity contribution in [2.45, 2.75) is 32.7 Å². The number of nitrogens with one attached hydrogen (secondary N) is 1. The first-order valence-corrected chi connectivity index (χ1v) is 8.32. The molecule has 4 amide bonds. The first-order chi connectivity index (χ1) is 10.7. The normalized spacial score (nSPS) is 19.9. The van der Waals surface area contributed by atoms with Crippen molar-refractivity contribution in [3.63, 3.8) is 0 Å². The maximum Gasteiger partial charge on any atom is 0.319 e. The Labute approximate surface area is 132 Å². The van der Waals surface area contributed by atoms with Crippen LogP contribution in [-0.4, -0.2) is 85.3 Å². The van der Waals surface area contributed by atoms with Crippen LogP contribution in [-0.2, 0) is 4.74 Å². The van der Waals surface area contributed by atoms with E-state index in [-0.39, 0.29) is 18.1 Å². The highest BCUT2D eigenvalue weighted by Crippen LogP contribution is 2.13. The molecule has 0 saturated carbocycles. The average molecular weight is 312 g/mol. The summed E-state index contributed by atoms with van der Waals surface area (Å²) in [5, 5.41) is 3.09. The fourth-order valence-corrected chi connectivity index (χ4v) is 2.94. The van der Waals surface area contributed by atoms with Gasteiger partial charge < -0.3 is 24.8 Å². The molecule has 0 aromatic carbocycles. The fourth-order valence-electron chi connectivity index (χ4n) is 2.94. The number of hydrogen-bond acceptors (Lipinski definition) is 3. The van der Waals surface area contributed by atoms with Crippen LogP contribution in [0.2, 0.25) is 0 Å². The molecule has 1 N–H and O–H groups in total. The Kier molecular flexibility index (Phi) is 6.30. The Hall–Kier alpha value is -1.50. The molecule has 7 heteroatoms. The Bertz CT molecular complexity index is 373. The molecule has 7 nitrogen and oxygen atoms in total. The van der Waals surface area contributed by atoms with Crippen LogP contribution in [0.25, 0.3) is 0 Å². The van der Waals surface area contributed by atoms with Gasteiger partial charge in [-0.1, -0.05) is 0 Å². The van der Waals surface area contributed by atoms with Crippen molar-refractivity contribution < 1.29 is 14.3 Å². The number of carbonyl (C=O) groups is 2. The number of nitrogens with zero attached hydrogens (tertiary/aromatic N) is 3. The molecule has 0 aromatic heterocycles. The molecule has 126 valence electrons. The molecule has 2 fully saturated rings. The van der Waals surface area contributed by atoms with Crippen LogP contribution in [0.1, 0.15) is 26.7 Å². The zero-order valence-electron chi connectivity index (χ0n) is 13.7. The second kappa shape index (κ2) is 8.22. The molecule has 0 aromatic rings. The second-order valence-corrected chi connectivity index (χ2v) is 5.77. The fraction of sp³-hybridized carbons (Fsp3) is 0.867. The van der Waals surface area contributed by atoms with Crippen molar-refractivity contribution in [1.82, 2.24) is 20.0 Å². The van der Waals surface area contributed by atoms with Crippen LogP contribution in [0.4, 0.5) is 9.59 Å². The monoisotopic (exact) mass is 312 g/mol. The summed E-state index contributed by atoms with van der Waals surface area (Å²) in [6.45, 7) is 9.44. The number of rotatable bonds is 3. The standard InChI is InChI=1S/C15H28N4O3/c1-3-17(4-2)15(21)19-7-5-13(6-8-19)16-14(20)18-9-11-22-12-10-18/h13H,3-12H2,1-2H3,(H,16,20). The minimum Gasteiger partial charge on any atom is -0.378 e. The third kappa shape index (κ3) is 4.25. The van der Waals surface area contributed by atoms with Gasteiger partial charge in [-0.3, -0.25) is 0 Å². The predicted octanol–water partition coefficient (Wildman–Crippen LogP) is 0.954. The number of morpholine rings is 1. The lowest BCUT2D eigenvalue weighted by Crippen LogP contribution is -2.53. The van der Waals surface area contributed by atoms with E-state index in [0.29, 0.717) is 39.4 Å². The van der Waals surface area contributed by atoms with E-state index >= 15 is 0 Å². The van der Waals surface area contributed by atoms with Gasteiger partial charge in [0, 0.05) is 45.3 Å². The minimum absolute atomic E-state index is 0.00294. The zero-order valence-corrected chi connectivity index (χ0v) is 13.7. The summed E-state index contributed by atoms with van der Waals surface area (Å²) < 4.78 is 5.25. The Morgan fingerprint density at radius 1 is 1.05 bits per heavy atom. The van der Waals surface area contributed by atoms with Gasteiger partial charge in [0.15, 0.2) is 0 Å². The maximum atomic E-state index is 12.3. The van der Waals surface area contributed by atoms with E-state index in [1.165, 1.54) is 0 Å². The van der Waals surface area contributed by atoms with Gasteiger partial charge in [0.1, 0.15) is 0 Å². The highest BCUT2D eigenvalue weighted by Gasteiger charge is 2.27. The Morgan fingerprint density at radius 2 is 1.64 bits per heavy atom. The summed E-state index contributed by atoms with van der Waals surface area (Å²) in [4.78, 5) is 30.0. The summed E-state index contributed by atoms with van der Waals surface area (Å²) in [5.74, 6) is 0. The molecule has 22 heavy (non-hydrogen) atoms. The number of hydrogen-bond donors (Lipinski definition) is 1. The predicted molar refractivity (Wildman–Crippen MR) is 83.8 cm³/mol. The quantitative estimate of drug-likeness (QED) is 0.844. The number of amides is 4. The first kappa shape index (κ1) is 16.9. The molecular weight excluding hydrogens is 284 g/mol. The van der Waals surface area contributed by atoms with Crippen LogP contribution in [0, 0.1) is 0 Å². The highest BCUT2D eigenvalue weighted by molar-refractivity contribution is 5.75. The minimum atomic E-state index is -0.00294. The summed E-state index contributed by atoms with van der Waals surface area (Å²) in [6.07, 6.45) is 1.65. The topological polar surface area (TPSA) is 65.1 Å². The summed E-state index contributed by atoms with van der Waals surface area (Å²) in [5.41, 5.74) is 0. The number of piperidine rings is 1. The van der Waals surface area contributed by atoms with Gasteiger partial charge in [0.25, 0.3) is 0 Å². The third-order valence-electron chi connectivity index (χ3n) is 4.43. The molecule has 0 unspecified atom stereocenters. The van der Waals surface area contributed by atoms with E-state index in [0.717, 1.165) is 25.9 Å². The summed E-state index contributed by atoms with van der Waals surface area (Å²) >= 11 is 0. The van der Waals surface area contributed by atoms with Gasteiger partial charge in [-0.05, 0) is 26.7 Å². The molecule has 2 aliphatic rings. The van der Waals surface area contributed by atoms with Gasteiger partial charge in [-0.2, -0.15) is 0 Å². The molecule has 0 radical (unpaired) electrons. The largest absolute Gasteiger partial charge is 0.378 e. The number of likely N-dealkylation sites (tertiary alicyclic amines) is 1. The number of ether oxygens (including phenoxy) is 1. The van der Waals surface area contributed by atoms with Gasteiger partial charge in [-0.15, -0.1) is 0 Å². The molecule has 2 heterocycles. The van der Waals surface area contributed by atoms with Crippen LogP contribution in [0.3, 0.4) is 0 Å².